The lowest BCUT2D eigenvalue weighted by Crippen LogP contribution is -2.35. The molecule has 168 valence electrons. The highest BCUT2D eigenvalue weighted by molar-refractivity contribution is 5.96. The fourth-order valence-electron chi connectivity index (χ4n) is 3.21. The molecular formula is C23H28N6O3. The van der Waals surface area contributed by atoms with Crippen molar-refractivity contribution in [2.24, 2.45) is 5.73 Å². The van der Waals surface area contributed by atoms with Crippen LogP contribution in [0.5, 0.6) is 0 Å². The number of para-hydroxylation sites is 1. The zero-order valence-corrected chi connectivity index (χ0v) is 18.4. The number of anilines is 3. The summed E-state index contributed by atoms with van der Waals surface area (Å²) in [6, 6.07) is 6.56. The molecule has 2 aromatic heterocycles. The number of rotatable bonds is 7. The zero-order valence-electron chi connectivity index (χ0n) is 18.4. The van der Waals surface area contributed by atoms with Crippen molar-refractivity contribution in [3.63, 3.8) is 0 Å². The van der Waals surface area contributed by atoms with Gasteiger partial charge >= 0.3 is 0 Å². The molecule has 0 radical (unpaired) electrons. The lowest BCUT2D eigenvalue weighted by molar-refractivity contribution is -0.125. The minimum Gasteiger partial charge on any atom is -0.459 e. The van der Waals surface area contributed by atoms with E-state index < -0.39 is 6.04 Å². The Kier molecular flexibility index (Phi) is 6.79. The van der Waals surface area contributed by atoms with Gasteiger partial charge in [0, 0.05) is 36.8 Å². The third kappa shape index (κ3) is 4.89. The molecule has 32 heavy (non-hydrogen) atoms. The molecule has 7 N–H and O–H groups in total. The van der Waals surface area contributed by atoms with Crippen molar-refractivity contribution in [3.05, 3.63) is 53.4 Å². The first kappa shape index (κ1) is 22.8. The van der Waals surface area contributed by atoms with Crippen LogP contribution in [0.15, 0.2) is 41.0 Å². The molecule has 9 heteroatoms. The second-order valence-electron chi connectivity index (χ2n) is 7.60. The number of nitrogens with two attached hydrogens (primary N) is 3. The molecule has 0 fully saturated rings. The second-order valence-corrected chi connectivity index (χ2v) is 7.60. The molecule has 0 saturated carbocycles. The van der Waals surface area contributed by atoms with Crippen molar-refractivity contribution in [3.8, 4) is 0 Å². The maximum Gasteiger partial charge on any atom is 0.246 e. The quantitative estimate of drug-likeness (QED) is 0.328. The van der Waals surface area contributed by atoms with E-state index >= 15 is 0 Å². The van der Waals surface area contributed by atoms with E-state index in [1.807, 2.05) is 26.0 Å². The number of amides is 2. The molecule has 1 aromatic carbocycles. The van der Waals surface area contributed by atoms with Gasteiger partial charge in [-0.05, 0) is 37.1 Å². The summed E-state index contributed by atoms with van der Waals surface area (Å²) in [6.45, 7) is 4.04. The van der Waals surface area contributed by atoms with E-state index in [-0.39, 0.29) is 23.3 Å². The van der Waals surface area contributed by atoms with Crippen molar-refractivity contribution < 1.29 is 14.0 Å². The van der Waals surface area contributed by atoms with Gasteiger partial charge in [0.05, 0.1) is 17.4 Å². The molecule has 2 amide bonds. The maximum atomic E-state index is 12.6. The van der Waals surface area contributed by atoms with E-state index in [9.17, 15) is 9.59 Å². The van der Waals surface area contributed by atoms with Gasteiger partial charge in [-0.2, -0.15) is 0 Å². The molecule has 0 aliphatic rings. The molecular weight excluding hydrogens is 408 g/mol. The van der Waals surface area contributed by atoms with Crippen LogP contribution in [0.25, 0.3) is 17.0 Å². The smallest absolute Gasteiger partial charge is 0.246 e. The van der Waals surface area contributed by atoms with E-state index in [2.05, 4.69) is 10.3 Å². The van der Waals surface area contributed by atoms with Crippen LogP contribution in [0.3, 0.4) is 0 Å². The monoisotopic (exact) mass is 436 g/mol. The van der Waals surface area contributed by atoms with Crippen LogP contribution < -0.4 is 22.5 Å². The van der Waals surface area contributed by atoms with Gasteiger partial charge in [0.2, 0.25) is 11.8 Å². The number of nitrogen functional groups attached to an aromatic ring is 2. The summed E-state index contributed by atoms with van der Waals surface area (Å²) in [5.41, 5.74) is 20.7. The van der Waals surface area contributed by atoms with E-state index in [0.29, 0.717) is 29.8 Å². The summed E-state index contributed by atoms with van der Waals surface area (Å²) in [4.78, 5) is 30.3. The zero-order chi connectivity index (χ0) is 23.4. The van der Waals surface area contributed by atoms with Gasteiger partial charge in [-0.1, -0.05) is 19.1 Å². The van der Waals surface area contributed by atoms with Crippen LogP contribution in [-0.4, -0.2) is 34.8 Å². The van der Waals surface area contributed by atoms with Crippen LogP contribution in [0.2, 0.25) is 0 Å². The Morgan fingerprint density at radius 1 is 1.28 bits per heavy atom. The second kappa shape index (κ2) is 9.52. The number of carbonyl (C=O) groups excluding carboxylic acids is 2. The Balaban J connectivity index is 1.69. The molecule has 0 spiro atoms. The summed E-state index contributed by atoms with van der Waals surface area (Å²) < 4.78 is 5.77. The predicted molar refractivity (Wildman–Crippen MR) is 126 cm³/mol. The molecule has 0 bridgehead atoms. The summed E-state index contributed by atoms with van der Waals surface area (Å²) in [7, 11) is 1.71. The van der Waals surface area contributed by atoms with Gasteiger partial charge in [0.1, 0.15) is 5.76 Å². The highest BCUT2D eigenvalue weighted by Gasteiger charge is 2.16. The van der Waals surface area contributed by atoms with Crippen LogP contribution in [-0.2, 0) is 16.1 Å². The number of aryl methyl sites for hydroxylation is 1. The van der Waals surface area contributed by atoms with Crippen LogP contribution in [0.4, 0.5) is 17.2 Å². The van der Waals surface area contributed by atoms with E-state index in [4.69, 9.17) is 21.6 Å². The lowest BCUT2D eigenvalue weighted by Gasteiger charge is -2.15. The average Bonchev–Trinajstić information content (AvgIpc) is 3.09. The lowest BCUT2D eigenvalue weighted by atomic mass is 10.1. The Labute approximate surface area is 186 Å². The van der Waals surface area contributed by atoms with Gasteiger partial charge in [-0.15, -0.1) is 0 Å². The Hall–Kier alpha value is -3.85. The summed E-state index contributed by atoms with van der Waals surface area (Å²) in [5, 5.41) is 3.49. The number of carbonyl (C=O) groups is 2. The first-order valence-corrected chi connectivity index (χ1v) is 10.2. The number of furan rings is 1. The Morgan fingerprint density at radius 2 is 2.03 bits per heavy atom. The van der Waals surface area contributed by atoms with Crippen LogP contribution in [0, 0.1) is 6.92 Å². The molecule has 0 aliphatic heterocycles. The van der Waals surface area contributed by atoms with Crippen LogP contribution in [0.1, 0.15) is 30.2 Å². The normalized spacial score (nSPS) is 12.2. The highest BCUT2D eigenvalue weighted by Crippen LogP contribution is 2.30. The molecule has 3 rings (SSSR count). The van der Waals surface area contributed by atoms with Gasteiger partial charge in [0.15, 0.2) is 11.4 Å². The minimum atomic E-state index is -0.628. The number of nitrogens with one attached hydrogen (secondary N) is 1. The average molecular weight is 437 g/mol. The van der Waals surface area contributed by atoms with Crippen molar-refractivity contribution in [1.82, 2.24) is 9.88 Å². The fraction of sp³-hybridized carbons (Fsp3) is 0.261. The summed E-state index contributed by atoms with van der Waals surface area (Å²) >= 11 is 0. The van der Waals surface area contributed by atoms with E-state index in [0.717, 1.165) is 16.7 Å². The highest BCUT2D eigenvalue weighted by atomic mass is 16.3. The maximum absolute atomic E-state index is 12.6. The number of fused-ring (bicyclic) bond motifs is 1. The molecule has 1 atom stereocenters. The summed E-state index contributed by atoms with van der Waals surface area (Å²) in [5.74, 6) is 0.406. The number of pyridine rings is 1. The fourth-order valence-corrected chi connectivity index (χ4v) is 3.21. The van der Waals surface area contributed by atoms with E-state index in [1.54, 1.807) is 30.2 Å². The standard InChI is InChI=1S/C23H28N6O3/c1-4-17(24)23(31)28-22-19(26)10-14(11-27-22)8-9-20(30)29(3)12-16-13(2)32-21-15(16)6-5-7-18(21)25/h5-11,17H,4,12,24-26H2,1-3H3,(H,27,28,31)/b9-8+. The van der Waals surface area contributed by atoms with Crippen molar-refractivity contribution in [1.29, 1.82) is 0 Å². The van der Waals surface area contributed by atoms with E-state index in [1.165, 1.54) is 12.3 Å². The third-order valence-electron chi connectivity index (χ3n) is 5.20. The molecule has 9 nitrogen and oxygen atoms in total. The summed E-state index contributed by atoms with van der Waals surface area (Å²) in [6.07, 6.45) is 5.07. The number of hydrogen-bond acceptors (Lipinski definition) is 7. The Morgan fingerprint density at radius 3 is 2.72 bits per heavy atom. The van der Waals surface area contributed by atoms with Gasteiger partial charge < -0.3 is 31.8 Å². The van der Waals surface area contributed by atoms with Gasteiger partial charge in [-0.25, -0.2) is 4.98 Å². The molecule has 3 aromatic rings. The van der Waals surface area contributed by atoms with Crippen molar-refractivity contribution >= 4 is 46.1 Å². The Bertz CT molecular complexity index is 1180. The first-order chi connectivity index (χ1) is 15.2. The molecule has 0 saturated heterocycles. The largest absolute Gasteiger partial charge is 0.459 e. The van der Waals surface area contributed by atoms with Crippen molar-refractivity contribution in [2.45, 2.75) is 32.9 Å². The molecule has 2 heterocycles. The minimum absolute atomic E-state index is 0.201. The van der Waals surface area contributed by atoms with Crippen molar-refractivity contribution in [2.75, 3.05) is 23.8 Å². The number of aromatic nitrogens is 1. The number of nitrogens with zero attached hydrogens (tertiary/aromatic N) is 2. The molecule has 1 unspecified atom stereocenters. The number of hydrogen-bond donors (Lipinski definition) is 4. The topological polar surface area (TPSA) is 154 Å². The van der Waals surface area contributed by atoms with Crippen LogP contribution >= 0.6 is 0 Å². The van der Waals surface area contributed by atoms with Gasteiger partial charge in [-0.3, -0.25) is 9.59 Å². The molecule has 0 aliphatic carbocycles. The first-order valence-electron chi connectivity index (χ1n) is 10.2. The van der Waals surface area contributed by atoms with Gasteiger partial charge in [0.25, 0.3) is 0 Å². The third-order valence-corrected chi connectivity index (χ3v) is 5.20. The SMILES string of the molecule is CCC(N)C(=O)Nc1ncc(/C=C/C(=O)N(C)Cc2c(C)oc3c(N)cccc23)cc1N. The number of benzene rings is 1. The predicted octanol–water partition coefficient (Wildman–Crippen LogP) is 2.65. The number of likely N-dealkylation sites (N-methyl/N-ethyl adjacent to an activating group) is 1.